The standard InChI is InChI=1S/C13H14BrF2NO/c1-13(4-5-17-7-13)11(18)6-8-10(15)3-2-9(14)12(8)16/h2-3,17H,4-7H2,1H3. The Kier molecular flexibility index (Phi) is 3.82. The van der Waals surface area contributed by atoms with E-state index in [1.807, 2.05) is 6.92 Å². The van der Waals surface area contributed by atoms with Gasteiger partial charge in [-0.05, 0) is 41.0 Å². The Labute approximate surface area is 113 Å². The highest BCUT2D eigenvalue weighted by molar-refractivity contribution is 9.10. The van der Waals surface area contributed by atoms with Crippen LogP contribution in [0, 0.1) is 17.0 Å². The number of carbonyl (C=O) groups excluding carboxylic acids is 1. The summed E-state index contributed by atoms with van der Waals surface area (Å²) < 4.78 is 27.5. The quantitative estimate of drug-likeness (QED) is 0.869. The van der Waals surface area contributed by atoms with Gasteiger partial charge in [-0.15, -0.1) is 0 Å². The summed E-state index contributed by atoms with van der Waals surface area (Å²) in [5.74, 6) is -1.47. The number of hydrogen-bond donors (Lipinski definition) is 1. The Bertz CT molecular complexity index is 484. The normalized spacial score (nSPS) is 23.3. The number of rotatable bonds is 3. The Morgan fingerprint density at radius 3 is 2.83 bits per heavy atom. The number of benzene rings is 1. The molecule has 1 atom stereocenters. The van der Waals surface area contributed by atoms with Gasteiger partial charge in [-0.2, -0.15) is 0 Å². The second kappa shape index (κ2) is 5.05. The zero-order valence-electron chi connectivity index (χ0n) is 10.0. The highest BCUT2D eigenvalue weighted by atomic mass is 79.9. The number of nitrogens with one attached hydrogen (secondary N) is 1. The molecule has 1 aliphatic heterocycles. The van der Waals surface area contributed by atoms with E-state index >= 15 is 0 Å². The summed E-state index contributed by atoms with van der Waals surface area (Å²) >= 11 is 3.00. The lowest BCUT2D eigenvalue weighted by Gasteiger charge is -2.21. The minimum atomic E-state index is -0.682. The average Bonchev–Trinajstić information content (AvgIpc) is 2.78. The van der Waals surface area contributed by atoms with Crippen LogP contribution in [-0.4, -0.2) is 18.9 Å². The van der Waals surface area contributed by atoms with E-state index in [-0.39, 0.29) is 22.2 Å². The first-order valence-corrected chi connectivity index (χ1v) is 6.60. The van der Waals surface area contributed by atoms with Gasteiger partial charge in [0.25, 0.3) is 0 Å². The second-order valence-corrected chi connectivity index (χ2v) is 5.76. The van der Waals surface area contributed by atoms with Gasteiger partial charge in [-0.1, -0.05) is 6.92 Å². The predicted molar refractivity (Wildman–Crippen MR) is 68.4 cm³/mol. The first-order valence-electron chi connectivity index (χ1n) is 5.80. The monoisotopic (exact) mass is 317 g/mol. The maximum absolute atomic E-state index is 13.8. The van der Waals surface area contributed by atoms with Gasteiger partial charge in [0, 0.05) is 23.9 Å². The van der Waals surface area contributed by atoms with Crippen molar-refractivity contribution in [2.45, 2.75) is 19.8 Å². The third-order valence-corrected chi connectivity index (χ3v) is 4.13. The highest BCUT2D eigenvalue weighted by Crippen LogP contribution is 2.29. The Morgan fingerprint density at radius 1 is 1.50 bits per heavy atom. The van der Waals surface area contributed by atoms with E-state index in [1.165, 1.54) is 12.1 Å². The molecular weight excluding hydrogens is 304 g/mol. The van der Waals surface area contributed by atoms with Crippen LogP contribution in [0.5, 0.6) is 0 Å². The van der Waals surface area contributed by atoms with Gasteiger partial charge in [-0.25, -0.2) is 8.78 Å². The van der Waals surface area contributed by atoms with Gasteiger partial charge in [0.05, 0.1) is 4.47 Å². The van der Waals surface area contributed by atoms with Crippen molar-refractivity contribution in [3.63, 3.8) is 0 Å². The van der Waals surface area contributed by atoms with E-state index in [1.54, 1.807) is 0 Å². The lowest BCUT2D eigenvalue weighted by Crippen LogP contribution is -2.32. The van der Waals surface area contributed by atoms with E-state index in [0.29, 0.717) is 13.0 Å². The Morgan fingerprint density at radius 2 is 2.22 bits per heavy atom. The van der Waals surface area contributed by atoms with E-state index in [0.717, 1.165) is 6.54 Å². The number of ketones is 1. The topological polar surface area (TPSA) is 29.1 Å². The minimum absolute atomic E-state index is 0.122. The smallest absolute Gasteiger partial charge is 0.144 e. The molecule has 1 N–H and O–H groups in total. The summed E-state index contributed by atoms with van der Waals surface area (Å²) in [6, 6.07) is 2.47. The first-order chi connectivity index (χ1) is 8.44. The number of carbonyl (C=O) groups is 1. The fraction of sp³-hybridized carbons (Fsp3) is 0.462. The molecule has 0 radical (unpaired) electrons. The second-order valence-electron chi connectivity index (χ2n) is 4.91. The lowest BCUT2D eigenvalue weighted by atomic mass is 9.82. The van der Waals surface area contributed by atoms with Gasteiger partial charge in [0.2, 0.25) is 0 Å². The minimum Gasteiger partial charge on any atom is -0.316 e. The molecule has 0 amide bonds. The van der Waals surface area contributed by atoms with Gasteiger partial charge in [-0.3, -0.25) is 4.79 Å². The highest BCUT2D eigenvalue weighted by Gasteiger charge is 2.36. The van der Waals surface area contributed by atoms with Crippen molar-refractivity contribution in [1.29, 1.82) is 0 Å². The fourth-order valence-corrected chi connectivity index (χ4v) is 2.53. The van der Waals surface area contributed by atoms with Gasteiger partial charge >= 0.3 is 0 Å². The molecule has 1 aromatic rings. The van der Waals surface area contributed by atoms with Crippen LogP contribution in [0.3, 0.4) is 0 Å². The van der Waals surface area contributed by atoms with Crippen molar-refractivity contribution < 1.29 is 13.6 Å². The molecule has 0 aromatic heterocycles. The molecule has 1 aliphatic rings. The van der Waals surface area contributed by atoms with Crippen LogP contribution in [0.1, 0.15) is 18.9 Å². The van der Waals surface area contributed by atoms with E-state index in [4.69, 9.17) is 0 Å². The van der Waals surface area contributed by atoms with Crippen LogP contribution in [0.25, 0.3) is 0 Å². The van der Waals surface area contributed by atoms with Gasteiger partial charge in [0.15, 0.2) is 0 Å². The Balaban J connectivity index is 2.24. The molecule has 0 saturated carbocycles. The van der Waals surface area contributed by atoms with Crippen LogP contribution < -0.4 is 5.32 Å². The molecule has 1 unspecified atom stereocenters. The summed E-state index contributed by atoms with van der Waals surface area (Å²) in [4.78, 5) is 12.2. The van der Waals surface area contributed by atoms with Crippen molar-refractivity contribution in [3.05, 3.63) is 33.8 Å². The van der Waals surface area contributed by atoms with E-state index in [9.17, 15) is 13.6 Å². The molecule has 1 fully saturated rings. The lowest BCUT2D eigenvalue weighted by molar-refractivity contribution is -0.126. The summed E-state index contributed by atoms with van der Waals surface area (Å²) in [6.45, 7) is 3.18. The molecule has 2 nitrogen and oxygen atoms in total. The zero-order valence-corrected chi connectivity index (χ0v) is 11.6. The summed E-state index contributed by atoms with van der Waals surface area (Å²) in [7, 11) is 0. The SMILES string of the molecule is CC1(C(=O)Cc2c(F)ccc(Br)c2F)CCNC1. The first kappa shape index (κ1) is 13.6. The van der Waals surface area contributed by atoms with E-state index < -0.39 is 17.0 Å². The molecule has 1 saturated heterocycles. The summed E-state index contributed by atoms with van der Waals surface area (Å²) in [5, 5.41) is 3.10. The fourth-order valence-electron chi connectivity index (χ4n) is 2.16. The molecule has 1 aromatic carbocycles. The van der Waals surface area contributed by atoms with Crippen molar-refractivity contribution in [2.24, 2.45) is 5.41 Å². The Hall–Kier alpha value is -0.810. The van der Waals surface area contributed by atoms with Crippen LogP contribution >= 0.6 is 15.9 Å². The van der Waals surface area contributed by atoms with Crippen molar-refractivity contribution >= 4 is 21.7 Å². The van der Waals surface area contributed by atoms with Crippen molar-refractivity contribution in [1.82, 2.24) is 5.32 Å². The predicted octanol–water partition coefficient (Wildman–Crippen LogP) is 2.84. The molecule has 5 heteroatoms. The number of Topliss-reactive ketones (excluding diaryl/α,β-unsaturated/α-hetero) is 1. The molecule has 2 rings (SSSR count). The van der Waals surface area contributed by atoms with Crippen LogP contribution in [0.2, 0.25) is 0 Å². The molecule has 0 spiro atoms. The number of hydrogen-bond acceptors (Lipinski definition) is 2. The molecule has 1 heterocycles. The summed E-state index contributed by atoms with van der Waals surface area (Å²) in [5.41, 5.74) is -0.663. The molecular formula is C13H14BrF2NO. The van der Waals surface area contributed by atoms with Crippen molar-refractivity contribution in [3.8, 4) is 0 Å². The van der Waals surface area contributed by atoms with Crippen LogP contribution in [0.4, 0.5) is 8.78 Å². The van der Waals surface area contributed by atoms with Gasteiger partial charge in [0.1, 0.15) is 17.4 Å². The third kappa shape index (κ3) is 2.47. The molecule has 0 bridgehead atoms. The maximum Gasteiger partial charge on any atom is 0.144 e. The number of halogens is 3. The van der Waals surface area contributed by atoms with Crippen molar-refractivity contribution in [2.75, 3.05) is 13.1 Å². The van der Waals surface area contributed by atoms with Crippen LogP contribution in [0.15, 0.2) is 16.6 Å². The molecule has 98 valence electrons. The van der Waals surface area contributed by atoms with Gasteiger partial charge < -0.3 is 5.32 Å². The zero-order chi connectivity index (χ0) is 13.3. The van der Waals surface area contributed by atoms with E-state index in [2.05, 4.69) is 21.2 Å². The van der Waals surface area contributed by atoms with Crippen LogP contribution in [-0.2, 0) is 11.2 Å². The molecule has 18 heavy (non-hydrogen) atoms. The maximum atomic E-state index is 13.8. The largest absolute Gasteiger partial charge is 0.316 e. The summed E-state index contributed by atoms with van der Waals surface area (Å²) in [6.07, 6.45) is 0.512. The third-order valence-electron chi connectivity index (χ3n) is 3.52. The molecule has 0 aliphatic carbocycles. The average molecular weight is 318 g/mol.